The number of aromatic nitrogens is 2. The molecule has 24 heavy (non-hydrogen) atoms. The van der Waals surface area contributed by atoms with Gasteiger partial charge in [0.2, 0.25) is 0 Å². The molecule has 0 radical (unpaired) electrons. The smallest absolute Gasteiger partial charge is 0.179 e. The van der Waals surface area contributed by atoms with Crippen molar-refractivity contribution in [2.45, 2.75) is 29.9 Å². The van der Waals surface area contributed by atoms with Crippen LogP contribution in [-0.4, -0.2) is 54.7 Å². The van der Waals surface area contributed by atoms with E-state index in [1.54, 1.807) is 18.3 Å². The molecule has 6 nitrogen and oxygen atoms in total. The fourth-order valence-electron chi connectivity index (χ4n) is 3.79. The number of hydrogen-bond acceptors (Lipinski definition) is 6. The van der Waals surface area contributed by atoms with Gasteiger partial charge in [-0.3, -0.25) is 9.88 Å². The largest absolute Gasteiger partial charge is 0.350 e. The second-order valence-corrected chi connectivity index (χ2v) is 8.53. The number of anilines is 1. The van der Waals surface area contributed by atoms with Crippen LogP contribution in [0.5, 0.6) is 0 Å². The summed E-state index contributed by atoms with van der Waals surface area (Å²) in [5.41, 5.74) is 1.08. The molecule has 4 heterocycles. The highest BCUT2D eigenvalue weighted by molar-refractivity contribution is 7.90. The molecule has 2 aliphatic rings. The van der Waals surface area contributed by atoms with E-state index in [4.69, 9.17) is 0 Å². The zero-order valence-electron chi connectivity index (χ0n) is 13.5. The molecule has 4 rings (SSSR count). The normalized spacial score (nSPS) is 23.8. The maximum Gasteiger partial charge on any atom is 0.179 e. The Morgan fingerprint density at radius 3 is 2.58 bits per heavy atom. The summed E-state index contributed by atoms with van der Waals surface area (Å²) in [7, 11) is -3.28. The summed E-state index contributed by atoms with van der Waals surface area (Å²) in [6, 6.07) is 10.0. The standard InChI is InChI=1S/C17H20N4O2S/c1-24(22,23)16-6-4-8-19-17(16)21-12-14-9-15(21)11-20(14)10-13-5-2-3-7-18-13/h2-8,14-15H,9-12H2,1H3. The van der Waals surface area contributed by atoms with Gasteiger partial charge in [-0.15, -0.1) is 0 Å². The molecule has 2 atom stereocenters. The predicted octanol–water partition coefficient (Wildman–Crippen LogP) is 1.34. The molecule has 0 saturated carbocycles. The summed E-state index contributed by atoms with van der Waals surface area (Å²) >= 11 is 0. The van der Waals surface area contributed by atoms with Gasteiger partial charge in [-0.25, -0.2) is 13.4 Å². The lowest BCUT2D eigenvalue weighted by molar-refractivity contribution is 0.227. The molecule has 2 aromatic heterocycles. The minimum atomic E-state index is -3.28. The summed E-state index contributed by atoms with van der Waals surface area (Å²) < 4.78 is 24.1. The van der Waals surface area contributed by atoms with Crippen LogP contribution < -0.4 is 4.90 Å². The fraction of sp³-hybridized carbons (Fsp3) is 0.412. The topological polar surface area (TPSA) is 66.4 Å². The highest BCUT2D eigenvalue weighted by Crippen LogP contribution is 2.36. The number of hydrogen-bond donors (Lipinski definition) is 0. The van der Waals surface area contributed by atoms with Gasteiger partial charge in [0.15, 0.2) is 9.84 Å². The molecule has 2 fully saturated rings. The molecule has 2 bridgehead atoms. The Kier molecular flexibility index (Phi) is 3.77. The highest BCUT2D eigenvalue weighted by Gasteiger charge is 2.44. The molecule has 0 amide bonds. The van der Waals surface area contributed by atoms with Gasteiger partial charge >= 0.3 is 0 Å². The first kappa shape index (κ1) is 15.5. The summed E-state index contributed by atoms with van der Waals surface area (Å²) in [6.45, 7) is 2.58. The van der Waals surface area contributed by atoms with Crippen molar-refractivity contribution in [3.05, 3.63) is 48.4 Å². The van der Waals surface area contributed by atoms with Gasteiger partial charge in [-0.05, 0) is 30.7 Å². The van der Waals surface area contributed by atoms with Gasteiger partial charge < -0.3 is 4.90 Å². The van der Waals surface area contributed by atoms with Crippen molar-refractivity contribution < 1.29 is 8.42 Å². The Hall–Kier alpha value is -1.99. The number of pyridine rings is 2. The fourth-order valence-corrected chi connectivity index (χ4v) is 4.62. The average molecular weight is 344 g/mol. The minimum Gasteiger partial charge on any atom is -0.350 e. The summed E-state index contributed by atoms with van der Waals surface area (Å²) in [5.74, 6) is 0.602. The Morgan fingerprint density at radius 1 is 1.08 bits per heavy atom. The van der Waals surface area contributed by atoms with E-state index in [-0.39, 0.29) is 0 Å². The van der Waals surface area contributed by atoms with Crippen molar-refractivity contribution in [2.75, 3.05) is 24.2 Å². The molecule has 0 spiro atoms. The first-order valence-corrected chi connectivity index (χ1v) is 9.97. The zero-order valence-corrected chi connectivity index (χ0v) is 14.4. The van der Waals surface area contributed by atoms with E-state index in [1.807, 2.05) is 24.4 Å². The number of sulfone groups is 1. The third-order valence-corrected chi connectivity index (χ3v) is 5.99. The van der Waals surface area contributed by atoms with Crippen LogP contribution in [0.2, 0.25) is 0 Å². The van der Waals surface area contributed by atoms with Crippen LogP contribution in [-0.2, 0) is 16.4 Å². The van der Waals surface area contributed by atoms with Crippen LogP contribution in [0.1, 0.15) is 12.1 Å². The lowest BCUT2D eigenvalue weighted by atomic mass is 10.2. The van der Waals surface area contributed by atoms with Crippen LogP contribution in [0.3, 0.4) is 0 Å². The van der Waals surface area contributed by atoms with E-state index in [1.165, 1.54) is 6.26 Å². The summed E-state index contributed by atoms with van der Waals surface area (Å²) in [5, 5.41) is 0. The third kappa shape index (κ3) is 2.78. The van der Waals surface area contributed by atoms with Crippen LogP contribution >= 0.6 is 0 Å². The van der Waals surface area contributed by atoms with Gasteiger partial charge in [0.1, 0.15) is 10.7 Å². The Labute approximate surface area is 142 Å². The van der Waals surface area contributed by atoms with Crippen molar-refractivity contribution in [1.82, 2.24) is 14.9 Å². The number of nitrogens with zero attached hydrogens (tertiary/aromatic N) is 4. The lowest BCUT2D eigenvalue weighted by Gasteiger charge is -2.35. The van der Waals surface area contributed by atoms with E-state index < -0.39 is 9.84 Å². The van der Waals surface area contributed by atoms with E-state index in [9.17, 15) is 8.42 Å². The molecular weight excluding hydrogens is 324 g/mol. The summed E-state index contributed by atoms with van der Waals surface area (Å²) in [6.07, 6.45) is 5.78. The lowest BCUT2D eigenvalue weighted by Crippen LogP contribution is -2.46. The van der Waals surface area contributed by atoms with Gasteiger partial charge in [0.25, 0.3) is 0 Å². The van der Waals surface area contributed by atoms with E-state index in [0.29, 0.717) is 22.8 Å². The number of likely N-dealkylation sites (tertiary alicyclic amines) is 1. The zero-order chi connectivity index (χ0) is 16.7. The average Bonchev–Trinajstić information content (AvgIpc) is 3.15. The first-order chi connectivity index (χ1) is 11.5. The molecule has 0 aliphatic carbocycles. The second kappa shape index (κ2) is 5.82. The third-order valence-electron chi connectivity index (χ3n) is 4.87. The molecule has 0 aromatic carbocycles. The molecular formula is C17H20N4O2S. The van der Waals surface area contributed by atoms with Crippen molar-refractivity contribution in [1.29, 1.82) is 0 Å². The van der Waals surface area contributed by atoms with Crippen LogP contribution in [0.25, 0.3) is 0 Å². The molecule has 2 aliphatic heterocycles. The Balaban J connectivity index is 1.53. The maximum atomic E-state index is 12.0. The quantitative estimate of drug-likeness (QED) is 0.834. The second-order valence-electron chi connectivity index (χ2n) is 6.54. The monoisotopic (exact) mass is 344 g/mol. The number of piperazine rings is 1. The van der Waals surface area contributed by atoms with E-state index in [2.05, 4.69) is 19.8 Å². The molecule has 0 N–H and O–H groups in total. The molecule has 126 valence electrons. The van der Waals surface area contributed by atoms with Crippen molar-refractivity contribution >= 4 is 15.7 Å². The Morgan fingerprint density at radius 2 is 1.92 bits per heavy atom. The van der Waals surface area contributed by atoms with Crippen molar-refractivity contribution in [2.24, 2.45) is 0 Å². The SMILES string of the molecule is CS(=O)(=O)c1cccnc1N1CC2CC1CN2Cc1ccccn1. The van der Waals surface area contributed by atoms with Crippen LogP contribution in [0.15, 0.2) is 47.6 Å². The van der Waals surface area contributed by atoms with Crippen LogP contribution in [0.4, 0.5) is 5.82 Å². The predicted molar refractivity (Wildman–Crippen MR) is 91.5 cm³/mol. The van der Waals surface area contributed by atoms with Crippen molar-refractivity contribution in [3.63, 3.8) is 0 Å². The van der Waals surface area contributed by atoms with E-state index in [0.717, 1.165) is 31.7 Å². The van der Waals surface area contributed by atoms with E-state index >= 15 is 0 Å². The molecule has 2 aromatic rings. The number of rotatable bonds is 4. The van der Waals surface area contributed by atoms with Gasteiger partial charge in [0, 0.05) is 50.4 Å². The maximum absolute atomic E-state index is 12.0. The minimum absolute atomic E-state index is 0.314. The molecule has 2 unspecified atom stereocenters. The molecule has 7 heteroatoms. The molecule has 2 saturated heterocycles. The Bertz CT molecular complexity index is 841. The van der Waals surface area contributed by atoms with Gasteiger partial charge in [-0.2, -0.15) is 0 Å². The van der Waals surface area contributed by atoms with Crippen LogP contribution in [0, 0.1) is 0 Å². The van der Waals surface area contributed by atoms with Gasteiger partial charge in [-0.1, -0.05) is 6.07 Å². The first-order valence-electron chi connectivity index (χ1n) is 8.08. The van der Waals surface area contributed by atoms with Crippen molar-refractivity contribution in [3.8, 4) is 0 Å². The summed E-state index contributed by atoms with van der Waals surface area (Å²) in [4.78, 5) is 13.7. The number of fused-ring (bicyclic) bond motifs is 2. The van der Waals surface area contributed by atoms with Gasteiger partial charge in [0.05, 0.1) is 5.69 Å². The highest BCUT2D eigenvalue weighted by atomic mass is 32.2.